The van der Waals surface area contributed by atoms with Crippen molar-refractivity contribution in [2.75, 3.05) is 52.4 Å². The van der Waals surface area contributed by atoms with E-state index in [-0.39, 0.29) is 17.9 Å². The van der Waals surface area contributed by atoms with Gasteiger partial charge < -0.3 is 15.1 Å². The Morgan fingerprint density at radius 2 is 1.62 bits per heavy atom. The van der Waals surface area contributed by atoms with Crippen molar-refractivity contribution in [3.63, 3.8) is 0 Å². The van der Waals surface area contributed by atoms with Crippen LogP contribution in [0.25, 0.3) is 0 Å². The van der Waals surface area contributed by atoms with E-state index in [1.54, 1.807) is 12.1 Å². The molecule has 3 fully saturated rings. The number of halogens is 1. The lowest BCUT2D eigenvalue weighted by Gasteiger charge is -2.41. The van der Waals surface area contributed by atoms with Crippen molar-refractivity contribution in [2.24, 2.45) is 5.92 Å². The second-order valence-corrected chi connectivity index (χ2v) is 9.90. The molecule has 1 unspecified atom stereocenters. The van der Waals surface area contributed by atoms with Gasteiger partial charge in [-0.1, -0.05) is 43.0 Å². The number of carbonyl (C=O) groups excluding carboxylic acids is 2. The number of rotatable bonds is 7. The van der Waals surface area contributed by atoms with Gasteiger partial charge in [0, 0.05) is 39.3 Å². The average Bonchev–Trinajstić information content (AvgIpc) is 3.35. The van der Waals surface area contributed by atoms with Gasteiger partial charge in [-0.15, -0.1) is 0 Å². The maximum Gasteiger partial charge on any atom is 0.255 e. The van der Waals surface area contributed by atoms with Gasteiger partial charge in [0.1, 0.15) is 0 Å². The smallest absolute Gasteiger partial charge is 0.255 e. The molecule has 2 amide bonds. The van der Waals surface area contributed by atoms with Crippen molar-refractivity contribution < 1.29 is 9.59 Å². The molecule has 0 radical (unpaired) electrons. The minimum absolute atomic E-state index is 0.0151. The van der Waals surface area contributed by atoms with E-state index in [4.69, 9.17) is 11.6 Å². The summed E-state index contributed by atoms with van der Waals surface area (Å²) in [7, 11) is 0. The van der Waals surface area contributed by atoms with Gasteiger partial charge in [0.25, 0.3) is 5.91 Å². The van der Waals surface area contributed by atoms with Crippen molar-refractivity contribution >= 4 is 23.4 Å². The number of carbonyl (C=O) groups is 2. The van der Waals surface area contributed by atoms with Crippen LogP contribution >= 0.6 is 11.6 Å². The normalized spacial score (nSPS) is 22.1. The summed E-state index contributed by atoms with van der Waals surface area (Å²) in [6.45, 7) is 6.72. The molecular formula is C25H37ClN4O2. The summed E-state index contributed by atoms with van der Waals surface area (Å²) in [5, 5.41) is 3.75. The van der Waals surface area contributed by atoms with E-state index in [2.05, 4.69) is 15.1 Å². The molecule has 176 valence electrons. The van der Waals surface area contributed by atoms with Crippen LogP contribution in [-0.2, 0) is 4.79 Å². The number of nitrogens with zero attached hydrogens (tertiary/aromatic N) is 3. The third-order valence-electron chi connectivity index (χ3n) is 7.39. The summed E-state index contributed by atoms with van der Waals surface area (Å²) in [4.78, 5) is 32.9. The highest BCUT2D eigenvalue weighted by molar-refractivity contribution is 6.33. The molecule has 1 aromatic rings. The van der Waals surface area contributed by atoms with Gasteiger partial charge in [-0.05, 0) is 56.8 Å². The van der Waals surface area contributed by atoms with Crippen LogP contribution in [0.3, 0.4) is 0 Å². The molecule has 0 bridgehead atoms. The van der Waals surface area contributed by atoms with Crippen molar-refractivity contribution in [3.05, 3.63) is 34.9 Å². The zero-order chi connectivity index (χ0) is 22.3. The van der Waals surface area contributed by atoms with E-state index in [1.807, 2.05) is 17.0 Å². The third kappa shape index (κ3) is 5.83. The van der Waals surface area contributed by atoms with Crippen LogP contribution in [-0.4, -0.2) is 84.9 Å². The molecule has 6 nitrogen and oxygen atoms in total. The highest BCUT2D eigenvalue weighted by atomic mass is 35.5. The van der Waals surface area contributed by atoms with Crippen molar-refractivity contribution in [1.29, 1.82) is 0 Å². The maximum absolute atomic E-state index is 13.3. The minimum Gasteiger partial charge on any atom is -0.353 e. The first-order valence-corrected chi connectivity index (χ1v) is 12.8. The molecule has 4 rings (SSSR count). The molecule has 2 heterocycles. The highest BCUT2D eigenvalue weighted by Crippen LogP contribution is 2.31. The standard InChI is InChI=1S/C25H37ClN4O2/c26-22-11-5-4-10-21(22)25(32)30-18-16-29(17-19-30)23(20-8-2-3-9-20)24(31)27-12-15-28-13-6-1-7-14-28/h4-5,10-11,20,23H,1-3,6-9,12-19H2,(H,27,31). The Morgan fingerprint density at radius 1 is 0.938 bits per heavy atom. The van der Waals surface area contributed by atoms with Crippen molar-refractivity contribution in [2.45, 2.75) is 51.0 Å². The number of benzene rings is 1. The molecule has 32 heavy (non-hydrogen) atoms. The molecule has 0 aromatic heterocycles. The first-order chi connectivity index (χ1) is 15.6. The number of amides is 2. The lowest BCUT2D eigenvalue weighted by molar-refractivity contribution is -0.129. The van der Waals surface area contributed by atoms with Gasteiger partial charge in [-0.25, -0.2) is 0 Å². The van der Waals surface area contributed by atoms with E-state index < -0.39 is 0 Å². The second-order valence-electron chi connectivity index (χ2n) is 9.49. The Hall–Kier alpha value is -1.63. The zero-order valence-electron chi connectivity index (χ0n) is 19.1. The maximum atomic E-state index is 13.3. The molecule has 2 aliphatic heterocycles. The number of nitrogens with one attached hydrogen (secondary N) is 1. The van der Waals surface area contributed by atoms with E-state index in [1.165, 1.54) is 32.1 Å². The molecule has 1 N–H and O–H groups in total. The Kier molecular flexibility index (Phi) is 8.44. The second kappa shape index (κ2) is 11.5. The zero-order valence-corrected chi connectivity index (χ0v) is 19.9. The summed E-state index contributed by atoms with van der Waals surface area (Å²) in [5.41, 5.74) is 0.561. The van der Waals surface area contributed by atoms with Gasteiger partial charge in [0.05, 0.1) is 16.6 Å². The Morgan fingerprint density at radius 3 is 2.31 bits per heavy atom. The van der Waals surface area contributed by atoms with E-state index in [0.29, 0.717) is 29.6 Å². The summed E-state index contributed by atoms with van der Waals surface area (Å²) in [5.74, 6) is 0.592. The molecule has 7 heteroatoms. The van der Waals surface area contributed by atoms with Crippen LogP contribution in [0, 0.1) is 5.92 Å². The molecule has 2 saturated heterocycles. The number of likely N-dealkylation sites (tertiary alicyclic amines) is 1. The van der Waals surface area contributed by atoms with E-state index in [0.717, 1.165) is 52.1 Å². The van der Waals surface area contributed by atoms with Gasteiger partial charge >= 0.3 is 0 Å². The number of hydrogen-bond acceptors (Lipinski definition) is 4. The molecular weight excluding hydrogens is 424 g/mol. The number of hydrogen-bond donors (Lipinski definition) is 1. The fourth-order valence-corrected chi connectivity index (χ4v) is 5.80. The van der Waals surface area contributed by atoms with Crippen LogP contribution in [0.1, 0.15) is 55.3 Å². The highest BCUT2D eigenvalue weighted by Gasteiger charge is 2.37. The first-order valence-electron chi connectivity index (χ1n) is 12.4. The van der Waals surface area contributed by atoms with Crippen LogP contribution < -0.4 is 5.32 Å². The van der Waals surface area contributed by atoms with Crippen LogP contribution in [0.5, 0.6) is 0 Å². The van der Waals surface area contributed by atoms with E-state index in [9.17, 15) is 9.59 Å². The molecule has 1 atom stereocenters. The summed E-state index contributed by atoms with van der Waals surface area (Å²) < 4.78 is 0. The minimum atomic E-state index is -0.0728. The summed E-state index contributed by atoms with van der Waals surface area (Å²) in [6, 6.07) is 7.16. The molecule has 0 spiro atoms. The predicted octanol–water partition coefficient (Wildman–Crippen LogP) is 3.26. The van der Waals surface area contributed by atoms with Gasteiger partial charge in [0.2, 0.25) is 5.91 Å². The molecule has 1 saturated carbocycles. The van der Waals surface area contributed by atoms with Gasteiger partial charge in [-0.2, -0.15) is 0 Å². The fraction of sp³-hybridized carbons (Fsp3) is 0.680. The number of piperidine rings is 1. The van der Waals surface area contributed by atoms with Gasteiger partial charge in [0.15, 0.2) is 0 Å². The molecule has 1 aromatic carbocycles. The van der Waals surface area contributed by atoms with Crippen LogP contribution in [0.4, 0.5) is 0 Å². The average molecular weight is 461 g/mol. The Balaban J connectivity index is 1.32. The summed E-state index contributed by atoms with van der Waals surface area (Å²) in [6.07, 6.45) is 8.57. The van der Waals surface area contributed by atoms with E-state index >= 15 is 0 Å². The van der Waals surface area contributed by atoms with Crippen molar-refractivity contribution in [1.82, 2.24) is 20.0 Å². The fourth-order valence-electron chi connectivity index (χ4n) is 5.58. The monoisotopic (exact) mass is 460 g/mol. The number of piperazine rings is 1. The lowest BCUT2D eigenvalue weighted by atomic mass is 9.95. The largest absolute Gasteiger partial charge is 0.353 e. The lowest BCUT2D eigenvalue weighted by Crippen LogP contribution is -2.58. The molecule has 1 aliphatic carbocycles. The molecule has 3 aliphatic rings. The summed E-state index contributed by atoms with van der Waals surface area (Å²) >= 11 is 6.24. The van der Waals surface area contributed by atoms with Crippen LogP contribution in [0.2, 0.25) is 5.02 Å². The Bertz CT molecular complexity index is 769. The van der Waals surface area contributed by atoms with Gasteiger partial charge in [-0.3, -0.25) is 14.5 Å². The Labute approximate surface area is 197 Å². The van der Waals surface area contributed by atoms with Crippen LogP contribution in [0.15, 0.2) is 24.3 Å². The third-order valence-corrected chi connectivity index (χ3v) is 7.72. The van der Waals surface area contributed by atoms with Crippen molar-refractivity contribution in [3.8, 4) is 0 Å². The topological polar surface area (TPSA) is 55.9 Å². The predicted molar refractivity (Wildman–Crippen MR) is 128 cm³/mol. The first kappa shape index (κ1) is 23.5. The SMILES string of the molecule is O=C(NCCN1CCCCC1)C(C1CCCC1)N1CCN(C(=O)c2ccccc2Cl)CC1. The quantitative estimate of drug-likeness (QED) is 0.678.